The highest BCUT2D eigenvalue weighted by atomic mass is 32.2. The highest BCUT2D eigenvalue weighted by Crippen LogP contribution is 2.31. The second kappa shape index (κ2) is 5.46. The smallest absolute Gasteiger partial charge is 0.120 e. The molecule has 0 aromatic heterocycles. The maximum atomic E-state index is 5.92. The number of thioether (sulfide) groups is 1. The van der Waals surface area contributed by atoms with Crippen molar-refractivity contribution < 1.29 is 9.47 Å². The van der Waals surface area contributed by atoms with Crippen molar-refractivity contribution in [3.8, 4) is 5.75 Å². The third-order valence-electron chi connectivity index (χ3n) is 2.72. The molecule has 0 saturated carbocycles. The number of nitrogens with two attached hydrogens (primary N) is 1. The first-order chi connectivity index (χ1) is 7.79. The average molecular weight is 239 g/mol. The van der Waals surface area contributed by atoms with E-state index in [0.29, 0.717) is 5.92 Å². The van der Waals surface area contributed by atoms with Crippen LogP contribution in [0, 0.1) is 5.92 Å². The molecule has 1 unspecified atom stereocenters. The van der Waals surface area contributed by atoms with Crippen molar-refractivity contribution in [1.82, 2.24) is 0 Å². The van der Waals surface area contributed by atoms with Crippen molar-refractivity contribution in [1.29, 1.82) is 0 Å². The first kappa shape index (κ1) is 11.6. The molecular weight excluding hydrogens is 222 g/mol. The van der Waals surface area contributed by atoms with Gasteiger partial charge >= 0.3 is 0 Å². The highest BCUT2D eigenvalue weighted by molar-refractivity contribution is 7.99. The lowest BCUT2D eigenvalue weighted by molar-refractivity contribution is 0.189. The molecule has 1 aromatic rings. The van der Waals surface area contributed by atoms with Gasteiger partial charge in [0.2, 0.25) is 0 Å². The molecule has 88 valence electrons. The molecule has 1 aromatic carbocycles. The van der Waals surface area contributed by atoms with Crippen LogP contribution in [0.25, 0.3) is 0 Å². The van der Waals surface area contributed by atoms with Crippen molar-refractivity contribution in [2.45, 2.75) is 11.3 Å². The first-order valence-electron chi connectivity index (χ1n) is 5.43. The van der Waals surface area contributed by atoms with Crippen LogP contribution < -0.4 is 10.5 Å². The van der Waals surface area contributed by atoms with Gasteiger partial charge in [0, 0.05) is 22.9 Å². The van der Waals surface area contributed by atoms with E-state index in [4.69, 9.17) is 15.2 Å². The lowest BCUT2D eigenvalue weighted by Crippen LogP contribution is -2.02. The van der Waals surface area contributed by atoms with E-state index in [1.165, 1.54) is 0 Å². The molecule has 0 radical (unpaired) electrons. The van der Waals surface area contributed by atoms with Crippen molar-refractivity contribution >= 4 is 17.4 Å². The minimum Gasteiger partial charge on any atom is -0.497 e. The topological polar surface area (TPSA) is 44.5 Å². The van der Waals surface area contributed by atoms with Crippen LogP contribution in [0.5, 0.6) is 5.75 Å². The summed E-state index contributed by atoms with van der Waals surface area (Å²) in [7, 11) is 1.67. The largest absolute Gasteiger partial charge is 0.497 e. The molecule has 1 aliphatic rings. The van der Waals surface area contributed by atoms with E-state index in [0.717, 1.165) is 41.7 Å². The lowest BCUT2D eigenvalue weighted by Gasteiger charge is -2.10. The third-order valence-corrected chi connectivity index (χ3v) is 4.02. The predicted octanol–water partition coefficient (Wildman–Crippen LogP) is 2.41. The Balaban J connectivity index is 1.96. The van der Waals surface area contributed by atoms with Gasteiger partial charge in [-0.3, -0.25) is 0 Å². The second-order valence-corrected chi connectivity index (χ2v) is 5.01. The van der Waals surface area contributed by atoms with Gasteiger partial charge in [-0.15, -0.1) is 11.8 Å². The zero-order valence-corrected chi connectivity index (χ0v) is 10.3. The molecule has 0 amide bonds. The molecule has 1 saturated heterocycles. The normalized spacial score (nSPS) is 19.9. The van der Waals surface area contributed by atoms with E-state index in [2.05, 4.69) is 0 Å². The van der Waals surface area contributed by atoms with Gasteiger partial charge in [-0.25, -0.2) is 0 Å². The zero-order chi connectivity index (χ0) is 11.4. The molecule has 1 aliphatic heterocycles. The Bertz CT molecular complexity index is 351. The summed E-state index contributed by atoms with van der Waals surface area (Å²) in [5.74, 6) is 2.59. The van der Waals surface area contributed by atoms with Gasteiger partial charge in [0.05, 0.1) is 13.7 Å². The Morgan fingerprint density at radius 2 is 2.44 bits per heavy atom. The fraction of sp³-hybridized carbons (Fsp3) is 0.500. The molecule has 0 spiro atoms. The summed E-state index contributed by atoms with van der Waals surface area (Å²) in [4.78, 5) is 1.10. The quantitative estimate of drug-likeness (QED) is 0.647. The summed E-state index contributed by atoms with van der Waals surface area (Å²) in [6.45, 7) is 1.79. The fourth-order valence-electron chi connectivity index (χ4n) is 1.69. The number of hydrogen-bond acceptors (Lipinski definition) is 4. The van der Waals surface area contributed by atoms with Crippen LogP contribution in [0.15, 0.2) is 23.1 Å². The van der Waals surface area contributed by atoms with Crippen molar-refractivity contribution in [2.24, 2.45) is 5.92 Å². The Kier molecular flexibility index (Phi) is 3.96. The molecule has 0 bridgehead atoms. The molecular formula is C12H17NO2S. The van der Waals surface area contributed by atoms with Crippen LogP contribution in [-0.4, -0.2) is 26.1 Å². The number of nitrogen functional groups attached to an aromatic ring is 1. The minimum absolute atomic E-state index is 0.663. The van der Waals surface area contributed by atoms with Gasteiger partial charge in [0.25, 0.3) is 0 Å². The summed E-state index contributed by atoms with van der Waals surface area (Å²) < 4.78 is 10.5. The number of rotatable bonds is 4. The maximum absolute atomic E-state index is 5.92. The van der Waals surface area contributed by atoms with Crippen molar-refractivity contribution in [3.63, 3.8) is 0 Å². The van der Waals surface area contributed by atoms with Crippen LogP contribution in [-0.2, 0) is 4.74 Å². The van der Waals surface area contributed by atoms with E-state index in [1.54, 1.807) is 18.9 Å². The summed E-state index contributed by atoms with van der Waals surface area (Å²) in [5.41, 5.74) is 6.75. The van der Waals surface area contributed by atoms with Crippen LogP contribution in [0.1, 0.15) is 6.42 Å². The van der Waals surface area contributed by atoms with Gasteiger partial charge in [-0.2, -0.15) is 0 Å². The van der Waals surface area contributed by atoms with E-state index in [9.17, 15) is 0 Å². The first-order valence-corrected chi connectivity index (χ1v) is 6.42. The molecule has 4 heteroatoms. The molecule has 1 fully saturated rings. The molecule has 1 atom stereocenters. The molecule has 16 heavy (non-hydrogen) atoms. The minimum atomic E-state index is 0.663. The molecule has 1 heterocycles. The summed E-state index contributed by atoms with van der Waals surface area (Å²) in [6, 6.07) is 5.78. The standard InChI is InChI=1S/C12H17NO2S/c1-14-10-2-3-11(13)12(6-10)16-8-9-4-5-15-7-9/h2-3,6,9H,4-5,7-8,13H2,1H3. The van der Waals surface area contributed by atoms with Crippen LogP contribution in [0.3, 0.4) is 0 Å². The second-order valence-electron chi connectivity index (χ2n) is 3.94. The molecule has 2 rings (SSSR count). The number of anilines is 1. The van der Waals surface area contributed by atoms with E-state index in [-0.39, 0.29) is 0 Å². The third kappa shape index (κ3) is 2.83. The Morgan fingerprint density at radius 1 is 1.56 bits per heavy atom. The van der Waals surface area contributed by atoms with Gasteiger partial charge in [0.15, 0.2) is 0 Å². The number of ether oxygens (including phenoxy) is 2. The zero-order valence-electron chi connectivity index (χ0n) is 9.44. The Labute approximate surface area is 100 Å². The summed E-state index contributed by atoms with van der Waals surface area (Å²) >= 11 is 1.79. The lowest BCUT2D eigenvalue weighted by atomic mass is 10.2. The SMILES string of the molecule is COc1ccc(N)c(SCC2CCOC2)c1. The molecule has 3 nitrogen and oxygen atoms in total. The van der Waals surface area contributed by atoms with Gasteiger partial charge in [-0.1, -0.05) is 0 Å². The summed E-state index contributed by atoms with van der Waals surface area (Å²) in [5, 5.41) is 0. The van der Waals surface area contributed by atoms with Crippen molar-refractivity contribution in [2.75, 3.05) is 31.8 Å². The summed E-state index contributed by atoms with van der Waals surface area (Å²) in [6.07, 6.45) is 1.16. The number of methoxy groups -OCH3 is 1. The Hall–Kier alpha value is -0.870. The van der Waals surface area contributed by atoms with Crippen LogP contribution in [0.2, 0.25) is 0 Å². The van der Waals surface area contributed by atoms with Gasteiger partial charge in [0.1, 0.15) is 5.75 Å². The number of benzene rings is 1. The van der Waals surface area contributed by atoms with Gasteiger partial charge in [-0.05, 0) is 30.5 Å². The van der Waals surface area contributed by atoms with Crippen LogP contribution >= 0.6 is 11.8 Å². The fourth-order valence-corrected chi connectivity index (χ4v) is 2.80. The van der Waals surface area contributed by atoms with Gasteiger partial charge < -0.3 is 15.2 Å². The highest BCUT2D eigenvalue weighted by Gasteiger charge is 2.16. The monoisotopic (exact) mass is 239 g/mol. The van der Waals surface area contributed by atoms with Crippen molar-refractivity contribution in [3.05, 3.63) is 18.2 Å². The van der Waals surface area contributed by atoms with E-state index < -0.39 is 0 Å². The maximum Gasteiger partial charge on any atom is 0.120 e. The molecule has 2 N–H and O–H groups in total. The van der Waals surface area contributed by atoms with E-state index >= 15 is 0 Å². The molecule has 0 aliphatic carbocycles. The van der Waals surface area contributed by atoms with Crippen LogP contribution in [0.4, 0.5) is 5.69 Å². The van der Waals surface area contributed by atoms with E-state index in [1.807, 2.05) is 18.2 Å². The number of hydrogen-bond donors (Lipinski definition) is 1. The average Bonchev–Trinajstić information content (AvgIpc) is 2.81. The Morgan fingerprint density at radius 3 is 3.12 bits per heavy atom. The predicted molar refractivity (Wildman–Crippen MR) is 67.1 cm³/mol.